The maximum absolute atomic E-state index is 10.3. The van der Waals surface area contributed by atoms with Crippen LogP contribution in [0, 0.1) is 5.92 Å². The van der Waals surface area contributed by atoms with E-state index < -0.39 is 0 Å². The molecule has 0 amide bonds. The van der Waals surface area contributed by atoms with Crippen molar-refractivity contribution in [2.24, 2.45) is 5.92 Å². The molecule has 1 saturated carbocycles. The minimum atomic E-state index is -0.333. The molecule has 1 aromatic carbocycles. The van der Waals surface area contributed by atoms with Crippen LogP contribution in [0.25, 0.3) is 0 Å². The van der Waals surface area contributed by atoms with Crippen LogP contribution in [0.1, 0.15) is 25.7 Å². The summed E-state index contributed by atoms with van der Waals surface area (Å²) < 4.78 is 5.88. The van der Waals surface area contributed by atoms with Crippen molar-refractivity contribution in [3.8, 4) is 5.75 Å². The van der Waals surface area contributed by atoms with Crippen LogP contribution >= 0.6 is 0 Å². The van der Waals surface area contributed by atoms with E-state index in [0.29, 0.717) is 5.92 Å². The Kier molecular flexibility index (Phi) is 4.63. The van der Waals surface area contributed by atoms with E-state index in [1.54, 1.807) is 0 Å². The highest BCUT2D eigenvalue weighted by Crippen LogP contribution is 2.30. The van der Waals surface area contributed by atoms with Crippen molar-refractivity contribution >= 4 is 10.2 Å². The number of hydrogen-bond acceptors (Lipinski definition) is 2. The average Bonchev–Trinajstić information content (AvgIpc) is 2.36. The molecule has 0 aromatic heterocycles. The Labute approximate surface area is 106 Å². The maximum atomic E-state index is 10.3. The summed E-state index contributed by atoms with van der Waals surface area (Å²) in [6.45, 7) is 0. The van der Waals surface area contributed by atoms with Crippen LogP contribution in [0.3, 0.4) is 0 Å². The molecule has 3 heteroatoms. The third kappa shape index (κ3) is 3.33. The van der Waals surface area contributed by atoms with Gasteiger partial charge in [0.25, 0.3) is 0 Å². The monoisotopic (exact) mass is 247 g/mol. The van der Waals surface area contributed by atoms with Gasteiger partial charge in [-0.1, -0.05) is 30.7 Å². The molecule has 0 heterocycles. The molecule has 1 aliphatic rings. The standard InChI is InChI=1S/C14H19O2Si/c15-14-11(9-10-17)5-4-8-13(14)16-12-6-2-1-3-7-12/h1-3,6-7,11,13-15H,4-5,8-10H2. The fourth-order valence-electron chi connectivity index (χ4n) is 2.53. The third-order valence-corrected chi connectivity index (χ3v) is 3.76. The molecule has 2 rings (SSSR count). The number of para-hydroxylation sites is 1. The Morgan fingerprint density at radius 1 is 1.24 bits per heavy atom. The Morgan fingerprint density at radius 3 is 2.71 bits per heavy atom. The number of benzene rings is 1. The largest absolute Gasteiger partial charge is 0.488 e. The lowest BCUT2D eigenvalue weighted by Crippen LogP contribution is -2.41. The van der Waals surface area contributed by atoms with Crippen LogP contribution in [0.15, 0.2) is 30.3 Å². The molecule has 0 bridgehead atoms. The normalized spacial score (nSPS) is 28.9. The molecular weight excluding hydrogens is 228 g/mol. The average molecular weight is 247 g/mol. The summed E-state index contributed by atoms with van der Waals surface area (Å²) in [4.78, 5) is 0. The highest BCUT2D eigenvalue weighted by molar-refractivity contribution is 6.08. The summed E-state index contributed by atoms with van der Waals surface area (Å²) >= 11 is 0. The van der Waals surface area contributed by atoms with Gasteiger partial charge in [0.15, 0.2) is 0 Å². The zero-order chi connectivity index (χ0) is 12.1. The summed E-state index contributed by atoms with van der Waals surface area (Å²) in [6, 6.07) is 10.7. The van der Waals surface area contributed by atoms with Crippen molar-refractivity contribution in [3.05, 3.63) is 30.3 Å². The fraction of sp³-hybridized carbons (Fsp3) is 0.571. The number of hydrogen-bond donors (Lipinski definition) is 1. The van der Waals surface area contributed by atoms with Gasteiger partial charge in [0.1, 0.15) is 11.9 Å². The second-order valence-corrected chi connectivity index (χ2v) is 5.19. The molecule has 91 valence electrons. The van der Waals surface area contributed by atoms with Crippen LogP contribution in [0.4, 0.5) is 0 Å². The Morgan fingerprint density at radius 2 is 2.00 bits per heavy atom. The zero-order valence-corrected chi connectivity index (χ0v) is 11.0. The highest BCUT2D eigenvalue weighted by atomic mass is 28.1. The number of ether oxygens (including phenoxy) is 1. The summed E-state index contributed by atoms with van der Waals surface area (Å²) in [5.74, 6) is 1.23. The lowest BCUT2D eigenvalue weighted by molar-refractivity contribution is -0.0320. The van der Waals surface area contributed by atoms with Crippen LogP contribution in [-0.4, -0.2) is 27.6 Å². The van der Waals surface area contributed by atoms with E-state index in [2.05, 4.69) is 10.2 Å². The topological polar surface area (TPSA) is 29.5 Å². The molecule has 3 radical (unpaired) electrons. The molecule has 3 atom stereocenters. The van der Waals surface area contributed by atoms with E-state index in [-0.39, 0.29) is 12.2 Å². The van der Waals surface area contributed by atoms with Crippen LogP contribution in [-0.2, 0) is 0 Å². The SMILES string of the molecule is OC1C(CC[Si])CCCC1Oc1ccccc1. The summed E-state index contributed by atoms with van der Waals surface area (Å²) in [5, 5.41) is 10.3. The molecule has 17 heavy (non-hydrogen) atoms. The highest BCUT2D eigenvalue weighted by Gasteiger charge is 2.32. The molecule has 1 aromatic rings. The summed E-state index contributed by atoms with van der Waals surface area (Å²) in [6.07, 6.45) is 3.85. The quantitative estimate of drug-likeness (QED) is 0.829. The van der Waals surface area contributed by atoms with Gasteiger partial charge in [0.05, 0.1) is 6.10 Å². The Hall–Kier alpha value is -0.803. The first-order valence-electron chi connectivity index (χ1n) is 6.35. The lowest BCUT2D eigenvalue weighted by atomic mass is 9.83. The number of rotatable bonds is 4. The van der Waals surface area contributed by atoms with Crippen molar-refractivity contribution in [1.29, 1.82) is 0 Å². The summed E-state index contributed by atoms with van der Waals surface area (Å²) in [5.41, 5.74) is 0. The Bertz CT molecular complexity index is 326. The molecule has 1 aliphatic carbocycles. The molecule has 3 unspecified atom stereocenters. The lowest BCUT2D eigenvalue weighted by Gasteiger charge is -2.34. The van der Waals surface area contributed by atoms with Crippen molar-refractivity contribution < 1.29 is 9.84 Å². The molecule has 0 aliphatic heterocycles. The van der Waals surface area contributed by atoms with Crippen molar-refractivity contribution in [1.82, 2.24) is 0 Å². The second kappa shape index (κ2) is 6.22. The van der Waals surface area contributed by atoms with Crippen molar-refractivity contribution in [2.45, 2.75) is 43.9 Å². The van der Waals surface area contributed by atoms with E-state index in [1.807, 2.05) is 30.3 Å². The molecule has 1 N–H and O–H groups in total. The van der Waals surface area contributed by atoms with Crippen molar-refractivity contribution in [3.63, 3.8) is 0 Å². The number of aliphatic hydroxyl groups is 1. The smallest absolute Gasteiger partial charge is 0.125 e. The first-order chi connectivity index (χ1) is 8.31. The van der Waals surface area contributed by atoms with Gasteiger partial charge >= 0.3 is 0 Å². The molecule has 2 nitrogen and oxygen atoms in total. The van der Waals surface area contributed by atoms with Gasteiger partial charge in [-0.25, -0.2) is 0 Å². The molecule has 1 fully saturated rings. The molecule has 0 saturated heterocycles. The summed E-state index contributed by atoms with van der Waals surface area (Å²) in [7, 11) is 3.49. The minimum absolute atomic E-state index is 0.0469. The first-order valence-corrected chi connectivity index (χ1v) is 7.06. The molecular formula is C14H19O2Si. The number of aliphatic hydroxyl groups excluding tert-OH is 1. The predicted octanol–water partition coefficient (Wildman–Crippen LogP) is 2.57. The van der Waals surface area contributed by atoms with Gasteiger partial charge in [0, 0.05) is 10.2 Å². The van der Waals surface area contributed by atoms with Gasteiger partial charge in [-0.3, -0.25) is 0 Å². The van der Waals surface area contributed by atoms with Gasteiger partial charge in [-0.2, -0.15) is 0 Å². The van der Waals surface area contributed by atoms with Gasteiger partial charge < -0.3 is 9.84 Å². The maximum Gasteiger partial charge on any atom is 0.125 e. The Balaban J connectivity index is 1.96. The third-order valence-electron chi connectivity index (χ3n) is 3.47. The van der Waals surface area contributed by atoms with Gasteiger partial charge in [-0.05, 0) is 37.3 Å². The van der Waals surface area contributed by atoms with Gasteiger partial charge in [-0.15, -0.1) is 0 Å². The second-order valence-electron chi connectivity index (χ2n) is 4.69. The van der Waals surface area contributed by atoms with E-state index in [0.717, 1.165) is 37.5 Å². The first kappa shape index (κ1) is 12.6. The zero-order valence-electron chi connectivity index (χ0n) is 10.0. The van der Waals surface area contributed by atoms with E-state index in [4.69, 9.17) is 4.74 Å². The van der Waals surface area contributed by atoms with E-state index in [1.165, 1.54) is 0 Å². The van der Waals surface area contributed by atoms with E-state index in [9.17, 15) is 5.11 Å². The minimum Gasteiger partial charge on any atom is -0.488 e. The van der Waals surface area contributed by atoms with Crippen LogP contribution < -0.4 is 4.74 Å². The van der Waals surface area contributed by atoms with Crippen LogP contribution in [0.2, 0.25) is 6.04 Å². The van der Waals surface area contributed by atoms with Gasteiger partial charge in [0.2, 0.25) is 0 Å². The van der Waals surface area contributed by atoms with E-state index >= 15 is 0 Å². The van der Waals surface area contributed by atoms with Crippen LogP contribution in [0.5, 0.6) is 5.75 Å². The van der Waals surface area contributed by atoms with Crippen molar-refractivity contribution in [2.75, 3.05) is 0 Å². The fourth-order valence-corrected chi connectivity index (χ4v) is 2.90. The molecule has 0 spiro atoms. The predicted molar refractivity (Wildman–Crippen MR) is 69.4 cm³/mol.